The van der Waals surface area contributed by atoms with Crippen LogP contribution in [0.15, 0.2) is 24.3 Å². The second-order valence-electron chi connectivity index (χ2n) is 5.01. The molecule has 2 rings (SSSR count). The Morgan fingerprint density at radius 3 is 3.00 bits per heavy atom. The summed E-state index contributed by atoms with van der Waals surface area (Å²) in [5, 5.41) is 3.48. The van der Waals surface area contributed by atoms with Crippen molar-refractivity contribution in [3.8, 4) is 0 Å². The Kier molecular flexibility index (Phi) is 7.30. The number of hydrogen-bond acceptors (Lipinski definition) is 3. The first-order chi connectivity index (χ1) is 9.13. The van der Waals surface area contributed by atoms with Crippen LogP contribution in [0, 0.1) is 0 Å². The number of nitrogens with one attached hydrogen (secondary N) is 1. The first kappa shape index (κ1) is 17.2. The topological polar surface area (TPSA) is 58.4 Å². The Morgan fingerprint density at radius 2 is 2.30 bits per heavy atom. The van der Waals surface area contributed by atoms with Gasteiger partial charge in [0.25, 0.3) is 0 Å². The SMILES string of the molecule is Cl.NC1CCCN(CCC(=O)Nc2cccc(Cl)c2)C1. The van der Waals surface area contributed by atoms with E-state index in [0.717, 1.165) is 38.2 Å². The third-order valence-corrected chi connectivity index (χ3v) is 3.54. The Balaban J connectivity index is 0.00000200. The van der Waals surface area contributed by atoms with E-state index in [0.29, 0.717) is 11.4 Å². The number of halogens is 2. The molecule has 3 N–H and O–H groups in total. The molecule has 1 amide bonds. The fourth-order valence-electron chi connectivity index (χ4n) is 2.34. The van der Waals surface area contributed by atoms with Gasteiger partial charge in [-0.3, -0.25) is 4.79 Å². The van der Waals surface area contributed by atoms with Crippen molar-refractivity contribution >= 4 is 35.6 Å². The van der Waals surface area contributed by atoms with Gasteiger partial charge in [-0.2, -0.15) is 0 Å². The molecule has 4 nitrogen and oxygen atoms in total. The van der Waals surface area contributed by atoms with Crippen LogP contribution >= 0.6 is 24.0 Å². The normalized spacial score (nSPS) is 19.2. The average Bonchev–Trinajstić information content (AvgIpc) is 2.36. The molecule has 0 bridgehead atoms. The van der Waals surface area contributed by atoms with Gasteiger partial charge < -0.3 is 16.0 Å². The maximum absolute atomic E-state index is 11.8. The van der Waals surface area contributed by atoms with E-state index in [2.05, 4.69) is 10.2 Å². The number of likely N-dealkylation sites (tertiary alicyclic amines) is 1. The monoisotopic (exact) mass is 317 g/mol. The van der Waals surface area contributed by atoms with Gasteiger partial charge in [0.05, 0.1) is 0 Å². The molecule has 1 heterocycles. The standard InChI is InChI=1S/C14H20ClN3O.ClH/c15-11-3-1-5-13(9-11)17-14(19)6-8-18-7-2-4-12(16)10-18;/h1,3,5,9,12H,2,4,6-8,10,16H2,(H,17,19);1H. The van der Waals surface area contributed by atoms with E-state index in [-0.39, 0.29) is 24.4 Å². The van der Waals surface area contributed by atoms with Gasteiger partial charge in [-0.25, -0.2) is 0 Å². The number of carbonyl (C=O) groups is 1. The number of piperidine rings is 1. The van der Waals surface area contributed by atoms with Crippen molar-refractivity contribution in [3.05, 3.63) is 29.3 Å². The van der Waals surface area contributed by atoms with Crippen molar-refractivity contribution < 1.29 is 4.79 Å². The van der Waals surface area contributed by atoms with Crippen LogP contribution in [0.3, 0.4) is 0 Å². The van der Waals surface area contributed by atoms with E-state index < -0.39 is 0 Å². The lowest BCUT2D eigenvalue weighted by atomic mass is 10.1. The minimum absolute atomic E-state index is 0. The molecule has 0 spiro atoms. The minimum atomic E-state index is 0. The van der Waals surface area contributed by atoms with Gasteiger partial charge in [-0.05, 0) is 37.6 Å². The zero-order valence-electron chi connectivity index (χ0n) is 11.3. The molecule has 1 atom stereocenters. The lowest BCUT2D eigenvalue weighted by Crippen LogP contribution is -2.43. The van der Waals surface area contributed by atoms with Crippen LogP contribution in [0.2, 0.25) is 5.02 Å². The number of rotatable bonds is 4. The van der Waals surface area contributed by atoms with Crippen LogP contribution in [0.25, 0.3) is 0 Å². The number of benzene rings is 1. The van der Waals surface area contributed by atoms with Gasteiger partial charge in [0.2, 0.25) is 5.91 Å². The fourth-order valence-corrected chi connectivity index (χ4v) is 2.53. The van der Waals surface area contributed by atoms with E-state index in [1.807, 2.05) is 12.1 Å². The Bertz CT molecular complexity index is 442. The molecule has 6 heteroatoms. The second kappa shape index (κ2) is 8.47. The molecule has 0 saturated carbocycles. The third-order valence-electron chi connectivity index (χ3n) is 3.31. The molecule has 1 aliphatic heterocycles. The van der Waals surface area contributed by atoms with Crippen molar-refractivity contribution in [1.82, 2.24) is 4.90 Å². The van der Waals surface area contributed by atoms with Gasteiger partial charge in [0.1, 0.15) is 0 Å². The summed E-state index contributed by atoms with van der Waals surface area (Å²) in [6, 6.07) is 7.44. The lowest BCUT2D eigenvalue weighted by molar-refractivity contribution is -0.116. The Morgan fingerprint density at radius 1 is 1.50 bits per heavy atom. The zero-order valence-corrected chi connectivity index (χ0v) is 12.9. The van der Waals surface area contributed by atoms with E-state index in [4.69, 9.17) is 17.3 Å². The maximum atomic E-state index is 11.8. The zero-order chi connectivity index (χ0) is 13.7. The molecule has 1 aromatic carbocycles. The number of carbonyl (C=O) groups excluding carboxylic acids is 1. The number of hydrogen-bond donors (Lipinski definition) is 2. The van der Waals surface area contributed by atoms with Gasteiger partial charge in [0.15, 0.2) is 0 Å². The summed E-state index contributed by atoms with van der Waals surface area (Å²) in [4.78, 5) is 14.1. The molecular weight excluding hydrogens is 297 g/mol. The first-order valence-electron chi connectivity index (χ1n) is 6.67. The maximum Gasteiger partial charge on any atom is 0.225 e. The van der Waals surface area contributed by atoms with Crippen LogP contribution in [-0.4, -0.2) is 36.5 Å². The second-order valence-corrected chi connectivity index (χ2v) is 5.45. The Hall–Kier alpha value is -0.810. The highest BCUT2D eigenvalue weighted by atomic mass is 35.5. The molecule has 112 valence electrons. The lowest BCUT2D eigenvalue weighted by Gasteiger charge is -2.30. The Labute approximate surface area is 131 Å². The molecule has 1 fully saturated rings. The van der Waals surface area contributed by atoms with Crippen LogP contribution in [0.4, 0.5) is 5.69 Å². The quantitative estimate of drug-likeness (QED) is 0.897. The van der Waals surface area contributed by atoms with Crippen LogP contribution in [0.1, 0.15) is 19.3 Å². The predicted molar refractivity (Wildman–Crippen MR) is 85.6 cm³/mol. The van der Waals surface area contributed by atoms with E-state index >= 15 is 0 Å². The summed E-state index contributed by atoms with van der Waals surface area (Å²) in [6.07, 6.45) is 2.70. The highest BCUT2D eigenvalue weighted by Gasteiger charge is 2.17. The van der Waals surface area contributed by atoms with Crippen LogP contribution in [0.5, 0.6) is 0 Å². The summed E-state index contributed by atoms with van der Waals surface area (Å²) in [6.45, 7) is 2.70. The van der Waals surface area contributed by atoms with Gasteiger partial charge in [-0.1, -0.05) is 17.7 Å². The predicted octanol–water partition coefficient (Wildman–Crippen LogP) is 2.51. The number of anilines is 1. The molecule has 1 saturated heterocycles. The molecule has 1 unspecified atom stereocenters. The summed E-state index contributed by atoms with van der Waals surface area (Å²) in [5.41, 5.74) is 6.66. The molecule has 0 aliphatic carbocycles. The fraction of sp³-hybridized carbons (Fsp3) is 0.500. The van der Waals surface area contributed by atoms with Gasteiger partial charge in [0, 0.05) is 36.3 Å². The van der Waals surface area contributed by atoms with Crippen LogP contribution < -0.4 is 11.1 Å². The number of amides is 1. The summed E-state index contributed by atoms with van der Waals surface area (Å²) >= 11 is 5.87. The summed E-state index contributed by atoms with van der Waals surface area (Å²) in [7, 11) is 0. The smallest absolute Gasteiger partial charge is 0.225 e. The van der Waals surface area contributed by atoms with E-state index in [1.54, 1.807) is 12.1 Å². The number of nitrogens with zero attached hydrogens (tertiary/aromatic N) is 1. The van der Waals surface area contributed by atoms with Gasteiger partial charge >= 0.3 is 0 Å². The molecule has 20 heavy (non-hydrogen) atoms. The highest BCUT2D eigenvalue weighted by molar-refractivity contribution is 6.30. The van der Waals surface area contributed by atoms with Crippen molar-refractivity contribution in [2.75, 3.05) is 25.0 Å². The minimum Gasteiger partial charge on any atom is -0.327 e. The van der Waals surface area contributed by atoms with Gasteiger partial charge in [-0.15, -0.1) is 12.4 Å². The first-order valence-corrected chi connectivity index (χ1v) is 7.04. The molecule has 1 aromatic rings. The molecule has 1 aliphatic rings. The highest BCUT2D eigenvalue weighted by Crippen LogP contribution is 2.15. The van der Waals surface area contributed by atoms with Crippen molar-refractivity contribution in [1.29, 1.82) is 0 Å². The van der Waals surface area contributed by atoms with Crippen LogP contribution in [-0.2, 0) is 4.79 Å². The molecular formula is C14H21Cl2N3O. The van der Waals surface area contributed by atoms with Crippen molar-refractivity contribution in [3.63, 3.8) is 0 Å². The van der Waals surface area contributed by atoms with Crippen molar-refractivity contribution in [2.45, 2.75) is 25.3 Å². The van der Waals surface area contributed by atoms with Crippen molar-refractivity contribution in [2.24, 2.45) is 5.73 Å². The average molecular weight is 318 g/mol. The summed E-state index contributed by atoms with van der Waals surface area (Å²) < 4.78 is 0. The molecule has 0 aromatic heterocycles. The largest absolute Gasteiger partial charge is 0.327 e. The van der Waals surface area contributed by atoms with E-state index in [1.165, 1.54) is 0 Å². The third kappa shape index (κ3) is 5.67. The van der Waals surface area contributed by atoms with E-state index in [9.17, 15) is 4.79 Å². The molecule has 0 radical (unpaired) electrons. The summed E-state index contributed by atoms with van der Waals surface area (Å²) in [5.74, 6) is 0.0152. The number of nitrogens with two attached hydrogens (primary N) is 1.